The molecule has 32 heavy (non-hydrogen) atoms. The highest BCUT2D eigenvalue weighted by Gasteiger charge is 2.22. The minimum Gasteiger partial charge on any atom is -0.307 e. The first-order valence-corrected chi connectivity index (χ1v) is 10.6. The molecule has 7 nitrogen and oxygen atoms in total. The van der Waals surface area contributed by atoms with Crippen LogP contribution in [0.25, 0.3) is 16.9 Å². The summed E-state index contributed by atoms with van der Waals surface area (Å²) in [6, 6.07) is 9.46. The molecule has 2 aromatic heterocycles. The molecular formula is C25H24N6O. The lowest BCUT2D eigenvalue weighted by molar-refractivity contribution is 0.254. The monoisotopic (exact) mass is 424 g/mol. The standard InChI is InChI=1S/C25H24N6O/c1-17-23(19-15-26-30(2)16-19)29-31(20-11-4-3-5-12-20)24(17)28-25(32)27-22-14-8-10-18-9-6-7-13-21(18)22/h3-9,11-16,18H,10H2,1-2H3,(H2,27,28,32). The van der Waals surface area contributed by atoms with Gasteiger partial charge in [0, 0.05) is 36.0 Å². The van der Waals surface area contributed by atoms with Crippen LogP contribution in [0.3, 0.4) is 0 Å². The van der Waals surface area contributed by atoms with Gasteiger partial charge in [-0.05, 0) is 37.1 Å². The van der Waals surface area contributed by atoms with Crippen molar-refractivity contribution in [2.24, 2.45) is 13.0 Å². The van der Waals surface area contributed by atoms with E-state index in [1.54, 1.807) is 15.6 Å². The van der Waals surface area contributed by atoms with E-state index >= 15 is 0 Å². The fourth-order valence-electron chi connectivity index (χ4n) is 4.10. The van der Waals surface area contributed by atoms with Crippen LogP contribution < -0.4 is 10.6 Å². The van der Waals surface area contributed by atoms with Crippen molar-refractivity contribution in [1.29, 1.82) is 0 Å². The predicted molar refractivity (Wildman–Crippen MR) is 125 cm³/mol. The Bertz CT molecular complexity index is 1290. The number of benzene rings is 1. The Kier molecular flexibility index (Phi) is 5.07. The molecule has 0 bridgehead atoms. The van der Waals surface area contributed by atoms with Crippen LogP contribution in [0.5, 0.6) is 0 Å². The number of hydrogen-bond donors (Lipinski definition) is 2. The van der Waals surface area contributed by atoms with Crippen LogP contribution in [0.1, 0.15) is 12.0 Å². The van der Waals surface area contributed by atoms with E-state index in [1.807, 2.05) is 68.7 Å². The van der Waals surface area contributed by atoms with Gasteiger partial charge in [0.05, 0.1) is 11.9 Å². The Morgan fingerprint density at radius 1 is 1.12 bits per heavy atom. The van der Waals surface area contributed by atoms with E-state index in [2.05, 4.69) is 34.0 Å². The van der Waals surface area contributed by atoms with E-state index in [0.29, 0.717) is 11.7 Å². The van der Waals surface area contributed by atoms with E-state index < -0.39 is 0 Å². The predicted octanol–water partition coefficient (Wildman–Crippen LogP) is 4.66. The third kappa shape index (κ3) is 3.69. The van der Waals surface area contributed by atoms with E-state index in [1.165, 1.54) is 0 Å². The van der Waals surface area contributed by atoms with Gasteiger partial charge in [0.25, 0.3) is 0 Å². The summed E-state index contributed by atoms with van der Waals surface area (Å²) >= 11 is 0. The molecule has 3 aromatic rings. The number of fused-ring (bicyclic) bond motifs is 1. The molecule has 160 valence electrons. The lowest BCUT2D eigenvalue weighted by atomic mass is 9.86. The lowest BCUT2D eigenvalue weighted by Crippen LogP contribution is -2.31. The number of nitrogens with zero attached hydrogens (tertiary/aromatic N) is 4. The fraction of sp³-hybridized carbons (Fsp3) is 0.160. The molecule has 0 saturated carbocycles. The van der Waals surface area contributed by atoms with Crippen molar-refractivity contribution in [2.45, 2.75) is 13.3 Å². The van der Waals surface area contributed by atoms with Crippen molar-refractivity contribution in [1.82, 2.24) is 24.9 Å². The van der Waals surface area contributed by atoms with E-state index in [9.17, 15) is 4.79 Å². The molecule has 1 unspecified atom stereocenters. The molecule has 0 spiro atoms. The second kappa shape index (κ2) is 8.19. The summed E-state index contributed by atoms with van der Waals surface area (Å²) in [5.41, 5.74) is 5.33. The maximum absolute atomic E-state index is 13.1. The van der Waals surface area contributed by atoms with Gasteiger partial charge >= 0.3 is 6.03 Å². The summed E-state index contributed by atoms with van der Waals surface area (Å²) in [7, 11) is 1.87. The number of nitrogens with one attached hydrogen (secondary N) is 2. The number of amides is 2. The van der Waals surface area contributed by atoms with Crippen molar-refractivity contribution >= 4 is 11.8 Å². The Morgan fingerprint density at radius 2 is 1.97 bits per heavy atom. The molecule has 0 aliphatic heterocycles. The summed E-state index contributed by atoms with van der Waals surface area (Å²) in [6.45, 7) is 1.96. The van der Waals surface area contributed by atoms with Crippen molar-refractivity contribution in [3.05, 3.63) is 96.0 Å². The lowest BCUT2D eigenvalue weighted by Gasteiger charge is -2.23. The third-order valence-electron chi connectivity index (χ3n) is 5.70. The number of carbonyl (C=O) groups excluding carboxylic acids is 1. The molecule has 2 heterocycles. The molecule has 2 amide bonds. The molecule has 0 fully saturated rings. The third-order valence-corrected chi connectivity index (χ3v) is 5.70. The average Bonchev–Trinajstić information content (AvgIpc) is 3.38. The summed E-state index contributed by atoms with van der Waals surface area (Å²) in [4.78, 5) is 13.1. The molecule has 2 aliphatic carbocycles. The van der Waals surface area contributed by atoms with Crippen molar-refractivity contribution in [2.75, 3.05) is 5.32 Å². The van der Waals surface area contributed by atoms with Gasteiger partial charge in [0.2, 0.25) is 0 Å². The van der Waals surface area contributed by atoms with Gasteiger partial charge in [0.1, 0.15) is 11.5 Å². The van der Waals surface area contributed by atoms with Gasteiger partial charge in [-0.25, -0.2) is 9.48 Å². The number of allylic oxidation sites excluding steroid dienone is 7. The highest BCUT2D eigenvalue weighted by molar-refractivity contribution is 5.92. The zero-order chi connectivity index (χ0) is 22.1. The quantitative estimate of drug-likeness (QED) is 0.640. The van der Waals surface area contributed by atoms with Crippen LogP contribution in [0.2, 0.25) is 0 Å². The Balaban J connectivity index is 1.49. The topological polar surface area (TPSA) is 76.8 Å². The van der Waals surface area contributed by atoms with Crippen LogP contribution in [0.15, 0.2) is 90.5 Å². The van der Waals surface area contributed by atoms with Crippen molar-refractivity contribution < 1.29 is 4.79 Å². The molecule has 0 saturated heterocycles. The largest absolute Gasteiger partial charge is 0.324 e. The molecule has 2 aliphatic rings. The zero-order valence-corrected chi connectivity index (χ0v) is 18.0. The normalized spacial score (nSPS) is 16.9. The second-order valence-electron chi connectivity index (χ2n) is 7.91. The van der Waals surface area contributed by atoms with E-state index in [4.69, 9.17) is 5.10 Å². The van der Waals surface area contributed by atoms with Crippen LogP contribution >= 0.6 is 0 Å². The van der Waals surface area contributed by atoms with Gasteiger partial charge in [-0.15, -0.1) is 0 Å². The molecular weight excluding hydrogens is 400 g/mol. The fourth-order valence-corrected chi connectivity index (χ4v) is 4.10. The van der Waals surface area contributed by atoms with Crippen molar-refractivity contribution in [3.8, 4) is 16.9 Å². The first-order chi connectivity index (χ1) is 15.6. The number of para-hydroxylation sites is 1. The van der Waals surface area contributed by atoms with Gasteiger partial charge in [-0.1, -0.05) is 48.6 Å². The average molecular weight is 425 g/mol. The number of carbonyl (C=O) groups is 1. The molecule has 7 heteroatoms. The summed E-state index contributed by atoms with van der Waals surface area (Å²) in [5.74, 6) is 0.919. The Labute approximate surface area is 186 Å². The number of aryl methyl sites for hydroxylation is 1. The first-order valence-electron chi connectivity index (χ1n) is 10.6. The SMILES string of the molecule is Cc1c(-c2cnn(C)c2)nn(-c2ccccc2)c1NC(=O)NC1=C2C=CC=CC2CC=C1. The molecule has 0 radical (unpaired) electrons. The second-order valence-corrected chi connectivity index (χ2v) is 7.91. The smallest absolute Gasteiger partial charge is 0.307 e. The number of anilines is 1. The molecule has 2 N–H and O–H groups in total. The van der Waals surface area contributed by atoms with Crippen LogP contribution in [0.4, 0.5) is 10.6 Å². The van der Waals surface area contributed by atoms with Gasteiger partial charge in [-0.3, -0.25) is 10.00 Å². The molecule has 5 rings (SSSR count). The first kappa shape index (κ1) is 19.8. The Morgan fingerprint density at radius 3 is 2.75 bits per heavy atom. The van der Waals surface area contributed by atoms with Crippen LogP contribution in [-0.4, -0.2) is 25.6 Å². The maximum Gasteiger partial charge on any atom is 0.324 e. The molecule has 1 aromatic carbocycles. The minimum absolute atomic E-state index is 0.300. The number of rotatable bonds is 4. The van der Waals surface area contributed by atoms with Crippen LogP contribution in [-0.2, 0) is 7.05 Å². The number of urea groups is 1. The maximum atomic E-state index is 13.1. The highest BCUT2D eigenvalue weighted by Crippen LogP contribution is 2.31. The van der Waals surface area contributed by atoms with Crippen molar-refractivity contribution in [3.63, 3.8) is 0 Å². The highest BCUT2D eigenvalue weighted by atomic mass is 16.2. The summed E-state index contributed by atoms with van der Waals surface area (Å²) in [6.07, 6.45) is 17.0. The number of hydrogen-bond acceptors (Lipinski definition) is 3. The van der Waals surface area contributed by atoms with E-state index in [-0.39, 0.29) is 6.03 Å². The van der Waals surface area contributed by atoms with Gasteiger partial charge < -0.3 is 5.32 Å². The minimum atomic E-state index is -0.307. The summed E-state index contributed by atoms with van der Waals surface area (Å²) < 4.78 is 3.50. The van der Waals surface area contributed by atoms with Crippen LogP contribution in [0, 0.1) is 12.8 Å². The number of aromatic nitrogens is 4. The zero-order valence-electron chi connectivity index (χ0n) is 18.0. The molecule has 1 atom stereocenters. The van der Waals surface area contributed by atoms with Gasteiger partial charge in [-0.2, -0.15) is 10.2 Å². The Hall–Kier alpha value is -4.13. The van der Waals surface area contributed by atoms with E-state index in [0.717, 1.165) is 40.2 Å². The van der Waals surface area contributed by atoms with Gasteiger partial charge in [0.15, 0.2) is 0 Å². The summed E-state index contributed by atoms with van der Waals surface area (Å²) in [5, 5.41) is 15.1.